The zero-order chi connectivity index (χ0) is 18.1. The maximum atomic E-state index is 12.5. The van der Waals surface area contributed by atoms with Gasteiger partial charge in [0.1, 0.15) is 4.90 Å². The number of aryl methyl sites for hydroxylation is 1. The Morgan fingerprint density at radius 3 is 2.65 bits per heavy atom. The molecule has 6 nitrogen and oxygen atoms in total. The second-order valence-corrected chi connectivity index (χ2v) is 8.19. The molecule has 1 N–H and O–H groups in total. The molecule has 7 heteroatoms. The largest absolute Gasteiger partial charge is 0.371 e. The molecule has 4 rings (SSSR count). The van der Waals surface area contributed by atoms with Crippen LogP contribution < -0.4 is 9.62 Å². The number of sulfonamides is 1. The van der Waals surface area contributed by atoms with Crippen molar-refractivity contribution < 1.29 is 8.42 Å². The van der Waals surface area contributed by atoms with E-state index >= 15 is 0 Å². The molecular weight excluding hydrogens is 348 g/mol. The van der Waals surface area contributed by atoms with Gasteiger partial charge in [0.25, 0.3) is 10.0 Å². The first-order valence-electron chi connectivity index (χ1n) is 8.62. The van der Waals surface area contributed by atoms with Gasteiger partial charge in [-0.3, -0.25) is 14.7 Å². The van der Waals surface area contributed by atoms with E-state index < -0.39 is 10.0 Å². The molecule has 0 radical (unpaired) electrons. The van der Waals surface area contributed by atoms with Crippen LogP contribution >= 0.6 is 0 Å². The summed E-state index contributed by atoms with van der Waals surface area (Å²) in [7, 11) is -3.67. The molecule has 1 saturated heterocycles. The molecule has 1 aliphatic heterocycles. The third kappa shape index (κ3) is 3.22. The Bertz CT molecular complexity index is 1050. The van der Waals surface area contributed by atoms with Crippen molar-refractivity contribution in [2.75, 3.05) is 22.7 Å². The minimum absolute atomic E-state index is 0.134. The average molecular weight is 368 g/mol. The molecular formula is C19H20N4O2S. The monoisotopic (exact) mass is 368 g/mol. The Labute approximate surface area is 152 Å². The molecule has 134 valence electrons. The summed E-state index contributed by atoms with van der Waals surface area (Å²) in [6.07, 6.45) is 5.27. The summed E-state index contributed by atoms with van der Waals surface area (Å²) in [5.41, 5.74) is 3.38. The van der Waals surface area contributed by atoms with E-state index in [9.17, 15) is 8.42 Å². The highest BCUT2D eigenvalue weighted by Gasteiger charge is 2.18. The van der Waals surface area contributed by atoms with Crippen LogP contribution in [-0.2, 0) is 10.0 Å². The zero-order valence-corrected chi connectivity index (χ0v) is 15.3. The quantitative estimate of drug-likeness (QED) is 0.764. The van der Waals surface area contributed by atoms with E-state index in [0.29, 0.717) is 5.69 Å². The van der Waals surface area contributed by atoms with E-state index in [4.69, 9.17) is 0 Å². The number of anilines is 2. The van der Waals surface area contributed by atoms with E-state index in [-0.39, 0.29) is 4.90 Å². The van der Waals surface area contributed by atoms with Gasteiger partial charge in [0.05, 0.1) is 11.2 Å². The van der Waals surface area contributed by atoms with Crippen LogP contribution in [0.5, 0.6) is 0 Å². The minimum atomic E-state index is -3.67. The van der Waals surface area contributed by atoms with Crippen LogP contribution in [0, 0.1) is 6.92 Å². The molecule has 3 aromatic rings. The number of nitrogens with zero attached hydrogens (tertiary/aromatic N) is 3. The minimum Gasteiger partial charge on any atom is -0.371 e. The van der Waals surface area contributed by atoms with Crippen LogP contribution in [0.25, 0.3) is 10.9 Å². The Balaban J connectivity index is 1.72. The van der Waals surface area contributed by atoms with Crippen molar-refractivity contribution >= 4 is 32.3 Å². The van der Waals surface area contributed by atoms with Crippen molar-refractivity contribution in [1.29, 1.82) is 0 Å². The fourth-order valence-corrected chi connectivity index (χ4v) is 4.35. The van der Waals surface area contributed by atoms with Crippen LogP contribution in [-0.4, -0.2) is 31.5 Å². The predicted molar refractivity (Wildman–Crippen MR) is 103 cm³/mol. The lowest BCUT2D eigenvalue weighted by Gasteiger charge is -2.20. The third-order valence-electron chi connectivity index (χ3n) is 4.56. The highest BCUT2D eigenvalue weighted by Crippen LogP contribution is 2.31. The summed E-state index contributed by atoms with van der Waals surface area (Å²) >= 11 is 0. The van der Waals surface area contributed by atoms with Gasteiger partial charge >= 0.3 is 0 Å². The van der Waals surface area contributed by atoms with Gasteiger partial charge in [-0.05, 0) is 56.2 Å². The maximum Gasteiger partial charge on any atom is 0.263 e. The number of pyridine rings is 2. The average Bonchev–Trinajstić information content (AvgIpc) is 3.15. The van der Waals surface area contributed by atoms with Gasteiger partial charge in [-0.2, -0.15) is 0 Å². The van der Waals surface area contributed by atoms with Crippen LogP contribution in [0.3, 0.4) is 0 Å². The van der Waals surface area contributed by atoms with E-state index in [1.165, 1.54) is 30.8 Å². The lowest BCUT2D eigenvalue weighted by molar-refractivity contribution is 0.601. The van der Waals surface area contributed by atoms with E-state index in [0.717, 1.165) is 29.7 Å². The summed E-state index contributed by atoms with van der Waals surface area (Å²) in [6.45, 7) is 4.06. The SMILES string of the molecule is Cc1cc(N2CCCC2)c2ccc(NS(=O)(=O)c3cccnc3)cc2n1. The molecule has 0 amide bonds. The van der Waals surface area contributed by atoms with E-state index in [1.807, 2.05) is 13.0 Å². The van der Waals surface area contributed by atoms with Crippen LogP contribution in [0.2, 0.25) is 0 Å². The number of hydrogen-bond donors (Lipinski definition) is 1. The molecule has 3 heterocycles. The number of benzene rings is 1. The number of fused-ring (bicyclic) bond motifs is 1. The van der Waals surface area contributed by atoms with E-state index in [1.54, 1.807) is 24.4 Å². The smallest absolute Gasteiger partial charge is 0.263 e. The standard InChI is InChI=1S/C19H20N4O2S/c1-14-11-19(23-9-2-3-10-23)17-7-6-15(12-18(17)21-14)22-26(24,25)16-5-4-8-20-13-16/h4-8,11-13,22H,2-3,9-10H2,1H3. The van der Waals surface area contributed by atoms with Crippen molar-refractivity contribution in [2.45, 2.75) is 24.7 Å². The number of hydrogen-bond acceptors (Lipinski definition) is 5. The summed E-state index contributed by atoms with van der Waals surface area (Å²) < 4.78 is 27.6. The Morgan fingerprint density at radius 1 is 1.12 bits per heavy atom. The number of nitrogens with one attached hydrogen (secondary N) is 1. The second-order valence-electron chi connectivity index (χ2n) is 6.50. The van der Waals surface area contributed by atoms with Crippen molar-refractivity contribution in [2.24, 2.45) is 0 Å². The second kappa shape index (κ2) is 6.57. The van der Waals surface area contributed by atoms with Crippen LogP contribution in [0.4, 0.5) is 11.4 Å². The first kappa shape index (κ1) is 16.8. The topological polar surface area (TPSA) is 75.2 Å². The molecule has 0 unspecified atom stereocenters. The molecule has 0 bridgehead atoms. The van der Waals surface area contributed by atoms with Gasteiger partial charge in [0.15, 0.2) is 0 Å². The van der Waals surface area contributed by atoms with Gasteiger partial charge in [0, 0.05) is 42.3 Å². The van der Waals surface area contributed by atoms with Crippen molar-refractivity contribution in [3.05, 3.63) is 54.5 Å². The van der Waals surface area contributed by atoms with Crippen molar-refractivity contribution in [3.8, 4) is 0 Å². The summed E-state index contributed by atoms with van der Waals surface area (Å²) in [6, 6.07) is 10.7. The fraction of sp³-hybridized carbons (Fsp3) is 0.263. The molecule has 0 atom stereocenters. The fourth-order valence-electron chi connectivity index (χ4n) is 3.34. The highest BCUT2D eigenvalue weighted by molar-refractivity contribution is 7.92. The zero-order valence-electron chi connectivity index (χ0n) is 14.5. The Hall–Kier alpha value is -2.67. The molecule has 0 saturated carbocycles. The van der Waals surface area contributed by atoms with Crippen molar-refractivity contribution in [3.63, 3.8) is 0 Å². The Morgan fingerprint density at radius 2 is 1.92 bits per heavy atom. The molecule has 0 spiro atoms. The molecule has 26 heavy (non-hydrogen) atoms. The molecule has 1 fully saturated rings. The number of rotatable bonds is 4. The van der Waals surface area contributed by atoms with Crippen molar-refractivity contribution in [1.82, 2.24) is 9.97 Å². The lowest BCUT2D eigenvalue weighted by Crippen LogP contribution is -2.18. The lowest BCUT2D eigenvalue weighted by atomic mass is 10.1. The predicted octanol–water partition coefficient (Wildman–Crippen LogP) is 3.34. The van der Waals surface area contributed by atoms with Gasteiger partial charge in [-0.15, -0.1) is 0 Å². The third-order valence-corrected chi connectivity index (χ3v) is 5.93. The van der Waals surface area contributed by atoms with Gasteiger partial charge in [0.2, 0.25) is 0 Å². The summed E-state index contributed by atoms with van der Waals surface area (Å²) in [5.74, 6) is 0. The highest BCUT2D eigenvalue weighted by atomic mass is 32.2. The van der Waals surface area contributed by atoms with Crippen LogP contribution in [0.1, 0.15) is 18.5 Å². The summed E-state index contributed by atoms with van der Waals surface area (Å²) in [5, 5.41) is 1.04. The maximum absolute atomic E-state index is 12.5. The van der Waals surface area contributed by atoms with Gasteiger partial charge in [-0.1, -0.05) is 0 Å². The summed E-state index contributed by atoms with van der Waals surface area (Å²) in [4.78, 5) is 11.0. The molecule has 1 aliphatic rings. The van der Waals surface area contributed by atoms with E-state index in [2.05, 4.69) is 25.7 Å². The van der Waals surface area contributed by atoms with Crippen LogP contribution in [0.15, 0.2) is 53.7 Å². The first-order valence-corrected chi connectivity index (χ1v) is 10.1. The van der Waals surface area contributed by atoms with Gasteiger partial charge < -0.3 is 4.90 Å². The normalized spacial score (nSPS) is 14.7. The number of aromatic nitrogens is 2. The molecule has 2 aromatic heterocycles. The molecule has 0 aliphatic carbocycles. The Kier molecular flexibility index (Phi) is 4.24. The van der Waals surface area contributed by atoms with Gasteiger partial charge in [-0.25, -0.2) is 8.42 Å². The molecule has 1 aromatic carbocycles. The first-order chi connectivity index (χ1) is 12.5.